The summed E-state index contributed by atoms with van der Waals surface area (Å²) in [7, 11) is 0. The highest BCUT2D eigenvalue weighted by Gasteiger charge is 2.23. The van der Waals surface area contributed by atoms with E-state index in [1.54, 1.807) is 0 Å². The summed E-state index contributed by atoms with van der Waals surface area (Å²) < 4.78 is 5.94. The normalized spacial score (nSPS) is 19.4. The van der Waals surface area contributed by atoms with Gasteiger partial charge in [0.25, 0.3) is 0 Å². The van der Waals surface area contributed by atoms with Crippen LogP contribution in [0.3, 0.4) is 0 Å². The molecule has 0 aliphatic carbocycles. The molecular weight excluding hydrogens is 278 g/mol. The number of fused-ring (bicyclic) bond motifs is 1. The molecule has 104 valence electrons. The number of aromatic nitrogens is 2. The van der Waals surface area contributed by atoms with Crippen LogP contribution in [0.4, 0.5) is 0 Å². The van der Waals surface area contributed by atoms with Crippen LogP contribution in [0.5, 0.6) is 5.75 Å². The van der Waals surface area contributed by atoms with Crippen LogP contribution in [0.1, 0.15) is 6.42 Å². The second-order valence-electron chi connectivity index (χ2n) is 4.80. The first-order chi connectivity index (χ1) is 9.76. The molecule has 0 saturated carbocycles. The Kier molecular flexibility index (Phi) is 3.80. The van der Waals surface area contributed by atoms with Crippen molar-refractivity contribution in [2.24, 2.45) is 0 Å². The van der Waals surface area contributed by atoms with E-state index in [1.165, 1.54) is 6.33 Å². The van der Waals surface area contributed by atoms with Crippen LogP contribution in [-0.2, 0) is 4.79 Å². The van der Waals surface area contributed by atoms with Gasteiger partial charge in [0.2, 0.25) is 0 Å². The van der Waals surface area contributed by atoms with Gasteiger partial charge in [-0.2, -0.15) is 0 Å². The van der Waals surface area contributed by atoms with Crippen molar-refractivity contribution in [3.63, 3.8) is 0 Å². The number of nitrogens with zero attached hydrogens (tertiary/aromatic N) is 3. The fourth-order valence-electron chi connectivity index (χ4n) is 2.43. The van der Waals surface area contributed by atoms with Crippen LogP contribution in [0, 0.1) is 0 Å². The Morgan fingerprint density at radius 3 is 3.20 bits per heavy atom. The molecule has 0 unspecified atom stereocenters. The smallest absolute Gasteiger partial charge is 0.140 e. The number of carbonyl (C=O) groups excluding carboxylic acids is 1. The number of aldehydes is 1. The van der Waals surface area contributed by atoms with Gasteiger partial charge < -0.3 is 9.53 Å². The summed E-state index contributed by atoms with van der Waals surface area (Å²) in [6.45, 7) is 2.13. The molecule has 1 saturated heterocycles. The lowest BCUT2D eigenvalue weighted by atomic mass is 10.2. The van der Waals surface area contributed by atoms with Gasteiger partial charge >= 0.3 is 0 Å². The van der Waals surface area contributed by atoms with E-state index in [9.17, 15) is 4.79 Å². The minimum absolute atomic E-state index is 0.107. The van der Waals surface area contributed by atoms with Crippen LogP contribution >= 0.6 is 11.6 Å². The van der Waals surface area contributed by atoms with Crippen molar-refractivity contribution in [1.29, 1.82) is 0 Å². The van der Waals surface area contributed by atoms with Crippen LogP contribution in [0.2, 0.25) is 5.15 Å². The van der Waals surface area contributed by atoms with E-state index < -0.39 is 0 Å². The van der Waals surface area contributed by atoms with E-state index in [0.717, 1.165) is 42.4 Å². The number of hydrogen-bond acceptors (Lipinski definition) is 5. The van der Waals surface area contributed by atoms with Crippen molar-refractivity contribution in [1.82, 2.24) is 14.9 Å². The summed E-state index contributed by atoms with van der Waals surface area (Å²) in [5, 5.41) is 1.21. The monoisotopic (exact) mass is 291 g/mol. The molecule has 2 heterocycles. The predicted octanol–water partition coefficient (Wildman–Crippen LogP) is 1.94. The molecule has 1 aliphatic heterocycles. The lowest BCUT2D eigenvalue weighted by Crippen LogP contribution is -2.26. The Labute approximate surface area is 121 Å². The second kappa shape index (κ2) is 5.73. The van der Waals surface area contributed by atoms with Crippen molar-refractivity contribution in [2.75, 3.05) is 19.6 Å². The SMILES string of the molecule is O=CCN1CC[C@H](Oc2ccc3ncnc(Cl)c3c2)C1. The molecular formula is C14H14ClN3O2. The first kappa shape index (κ1) is 13.3. The third kappa shape index (κ3) is 2.73. The molecule has 1 aromatic carbocycles. The summed E-state index contributed by atoms with van der Waals surface area (Å²) in [5.74, 6) is 0.757. The van der Waals surface area contributed by atoms with Gasteiger partial charge in [-0.05, 0) is 24.6 Å². The Balaban J connectivity index is 1.75. The Hall–Kier alpha value is -1.72. The summed E-state index contributed by atoms with van der Waals surface area (Å²) >= 11 is 6.06. The molecule has 1 aliphatic rings. The highest BCUT2D eigenvalue weighted by Crippen LogP contribution is 2.26. The molecule has 3 rings (SSSR count). The second-order valence-corrected chi connectivity index (χ2v) is 5.16. The maximum absolute atomic E-state index is 10.5. The first-order valence-electron chi connectivity index (χ1n) is 6.49. The van der Waals surface area contributed by atoms with E-state index in [4.69, 9.17) is 16.3 Å². The van der Waals surface area contributed by atoms with Crippen molar-refractivity contribution in [3.8, 4) is 5.75 Å². The van der Waals surface area contributed by atoms with Gasteiger partial charge in [0.05, 0.1) is 12.1 Å². The molecule has 0 radical (unpaired) electrons. The third-order valence-electron chi connectivity index (χ3n) is 3.42. The summed E-state index contributed by atoms with van der Waals surface area (Å²) in [6, 6.07) is 5.62. The molecule has 20 heavy (non-hydrogen) atoms. The van der Waals surface area contributed by atoms with Crippen LogP contribution in [-0.4, -0.2) is 46.9 Å². The molecule has 6 heteroatoms. The fraction of sp³-hybridized carbons (Fsp3) is 0.357. The fourth-order valence-corrected chi connectivity index (χ4v) is 2.63. The summed E-state index contributed by atoms with van der Waals surface area (Å²) in [4.78, 5) is 20.7. The van der Waals surface area contributed by atoms with Crippen LogP contribution in [0.25, 0.3) is 10.9 Å². The zero-order valence-corrected chi connectivity index (χ0v) is 11.6. The van der Waals surface area contributed by atoms with E-state index in [-0.39, 0.29) is 6.10 Å². The lowest BCUT2D eigenvalue weighted by Gasteiger charge is -2.15. The van der Waals surface area contributed by atoms with Gasteiger partial charge in [-0.25, -0.2) is 9.97 Å². The minimum atomic E-state index is 0.107. The molecule has 1 aromatic heterocycles. The van der Waals surface area contributed by atoms with Gasteiger partial charge in [0.1, 0.15) is 29.6 Å². The highest BCUT2D eigenvalue weighted by atomic mass is 35.5. The molecule has 0 N–H and O–H groups in total. The van der Waals surface area contributed by atoms with Gasteiger partial charge in [0, 0.05) is 18.5 Å². The van der Waals surface area contributed by atoms with Crippen molar-refractivity contribution in [3.05, 3.63) is 29.7 Å². The molecule has 0 spiro atoms. The largest absolute Gasteiger partial charge is 0.489 e. The summed E-state index contributed by atoms with van der Waals surface area (Å²) in [5.41, 5.74) is 0.798. The molecule has 5 nitrogen and oxygen atoms in total. The van der Waals surface area contributed by atoms with E-state index in [0.29, 0.717) is 11.7 Å². The average molecular weight is 292 g/mol. The van der Waals surface area contributed by atoms with Gasteiger partial charge in [0.15, 0.2) is 0 Å². The Morgan fingerprint density at radius 2 is 2.35 bits per heavy atom. The number of carbonyl (C=O) groups is 1. The molecule has 1 atom stereocenters. The number of hydrogen-bond donors (Lipinski definition) is 0. The minimum Gasteiger partial charge on any atom is -0.489 e. The zero-order chi connectivity index (χ0) is 13.9. The highest BCUT2D eigenvalue weighted by molar-refractivity contribution is 6.34. The third-order valence-corrected chi connectivity index (χ3v) is 3.72. The van der Waals surface area contributed by atoms with Gasteiger partial charge in [-0.3, -0.25) is 4.90 Å². The number of ether oxygens (including phenoxy) is 1. The van der Waals surface area contributed by atoms with E-state index in [1.807, 2.05) is 18.2 Å². The van der Waals surface area contributed by atoms with E-state index in [2.05, 4.69) is 14.9 Å². The maximum atomic E-state index is 10.5. The van der Waals surface area contributed by atoms with Crippen molar-refractivity contribution in [2.45, 2.75) is 12.5 Å². The molecule has 0 bridgehead atoms. The average Bonchev–Trinajstić information content (AvgIpc) is 2.88. The first-order valence-corrected chi connectivity index (χ1v) is 6.87. The summed E-state index contributed by atoms with van der Waals surface area (Å²) in [6.07, 6.45) is 3.40. The maximum Gasteiger partial charge on any atom is 0.140 e. The molecule has 1 fully saturated rings. The number of rotatable bonds is 4. The van der Waals surface area contributed by atoms with E-state index >= 15 is 0 Å². The van der Waals surface area contributed by atoms with Crippen LogP contribution < -0.4 is 4.74 Å². The van der Waals surface area contributed by atoms with Gasteiger partial charge in [-0.1, -0.05) is 11.6 Å². The Bertz CT molecular complexity index is 635. The number of likely N-dealkylation sites (tertiary alicyclic amines) is 1. The molecule has 0 amide bonds. The van der Waals surface area contributed by atoms with Crippen molar-refractivity contribution < 1.29 is 9.53 Å². The standard InChI is InChI=1S/C14H14ClN3O2/c15-14-12-7-10(1-2-13(12)16-9-17-14)20-11-3-4-18(8-11)5-6-19/h1-2,6-7,9,11H,3-5,8H2/t11-/m0/s1. The quantitative estimate of drug-likeness (QED) is 0.636. The number of halogens is 1. The molecule has 2 aromatic rings. The number of benzene rings is 1. The lowest BCUT2D eigenvalue weighted by molar-refractivity contribution is -0.108. The van der Waals surface area contributed by atoms with Crippen molar-refractivity contribution >= 4 is 28.8 Å². The Morgan fingerprint density at radius 1 is 1.45 bits per heavy atom. The predicted molar refractivity (Wildman–Crippen MR) is 76.1 cm³/mol. The zero-order valence-electron chi connectivity index (χ0n) is 10.8. The van der Waals surface area contributed by atoms with Crippen LogP contribution in [0.15, 0.2) is 24.5 Å². The van der Waals surface area contributed by atoms with Gasteiger partial charge in [-0.15, -0.1) is 0 Å². The topological polar surface area (TPSA) is 55.3 Å².